The molecule has 0 bridgehead atoms. The van der Waals surface area contributed by atoms with E-state index in [0.717, 1.165) is 16.5 Å². The Kier molecular flexibility index (Phi) is 4.35. The molecule has 2 aromatic heterocycles. The average Bonchev–Trinajstić information content (AvgIpc) is 3.12. The number of hydrogen-bond acceptors (Lipinski definition) is 4. The zero-order valence-electron chi connectivity index (χ0n) is 13.9. The van der Waals surface area contributed by atoms with Crippen molar-refractivity contribution in [2.45, 2.75) is 6.61 Å². The predicted octanol–water partition coefficient (Wildman–Crippen LogP) is 4.71. The van der Waals surface area contributed by atoms with E-state index in [1.165, 1.54) is 0 Å². The van der Waals surface area contributed by atoms with E-state index < -0.39 is 5.97 Å². The summed E-state index contributed by atoms with van der Waals surface area (Å²) in [6, 6.07) is 20.6. The third kappa shape index (κ3) is 3.42. The minimum atomic E-state index is -0.405. The molecule has 4 aromatic rings. The van der Waals surface area contributed by atoms with E-state index in [-0.39, 0.29) is 6.61 Å². The van der Waals surface area contributed by atoms with Gasteiger partial charge in [-0.1, -0.05) is 36.4 Å². The lowest BCUT2D eigenvalue weighted by atomic mass is 10.2. The molecule has 5 heteroatoms. The summed E-state index contributed by atoms with van der Waals surface area (Å²) in [7, 11) is 0. The fraction of sp³-hybridized carbons (Fsp3) is 0.0476. The van der Waals surface area contributed by atoms with Crippen molar-refractivity contribution in [2.75, 3.05) is 0 Å². The number of hydrogen-bond donors (Lipinski definition) is 1. The van der Waals surface area contributed by atoms with E-state index in [2.05, 4.69) is 9.97 Å². The number of carbonyl (C=O) groups is 1. The van der Waals surface area contributed by atoms with Gasteiger partial charge in [-0.25, -0.2) is 4.79 Å². The van der Waals surface area contributed by atoms with Crippen LogP contribution in [0.5, 0.6) is 11.5 Å². The van der Waals surface area contributed by atoms with Gasteiger partial charge in [-0.05, 0) is 30.3 Å². The van der Waals surface area contributed by atoms with Crippen molar-refractivity contribution in [2.24, 2.45) is 0 Å². The standard InChI is InChI=1S/C21H16N2O3/c24-21(19-12-15-6-1-3-9-18(15)23-19)25-14-16-7-2-4-10-20(16)26-17-8-5-11-22-13-17/h1-13,23H,14H2. The Bertz CT molecular complexity index is 1010. The Hall–Kier alpha value is -3.60. The number of fused-ring (bicyclic) bond motifs is 1. The molecule has 0 fully saturated rings. The molecule has 4 rings (SSSR count). The van der Waals surface area contributed by atoms with Crippen LogP contribution < -0.4 is 4.74 Å². The van der Waals surface area contributed by atoms with Gasteiger partial charge in [0.1, 0.15) is 23.8 Å². The Morgan fingerprint density at radius 3 is 2.69 bits per heavy atom. The van der Waals surface area contributed by atoms with E-state index in [1.54, 1.807) is 24.5 Å². The van der Waals surface area contributed by atoms with Gasteiger partial charge in [0.15, 0.2) is 0 Å². The van der Waals surface area contributed by atoms with Crippen molar-refractivity contribution >= 4 is 16.9 Å². The van der Waals surface area contributed by atoms with Crippen molar-refractivity contribution in [3.8, 4) is 11.5 Å². The molecule has 0 saturated carbocycles. The maximum absolute atomic E-state index is 12.4. The maximum atomic E-state index is 12.4. The number of nitrogens with zero attached hydrogens (tertiary/aromatic N) is 1. The molecular formula is C21H16N2O3. The van der Waals surface area contributed by atoms with Crippen molar-refractivity contribution in [1.82, 2.24) is 9.97 Å². The SMILES string of the molecule is O=C(OCc1ccccc1Oc1cccnc1)c1cc2ccccc2[nH]1. The molecule has 0 saturated heterocycles. The van der Waals surface area contributed by atoms with Gasteiger partial charge in [0.2, 0.25) is 0 Å². The molecule has 0 radical (unpaired) electrons. The number of H-pyrrole nitrogens is 1. The number of nitrogens with one attached hydrogen (secondary N) is 1. The number of benzene rings is 2. The summed E-state index contributed by atoms with van der Waals surface area (Å²) in [5.74, 6) is 0.851. The molecule has 5 nitrogen and oxygen atoms in total. The van der Waals surface area contributed by atoms with Gasteiger partial charge < -0.3 is 14.5 Å². The normalized spacial score (nSPS) is 10.6. The zero-order valence-corrected chi connectivity index (χ0v) is 13.9. The fourth-order valence-corrected chi connectivity index (χ4v) is 2.66. The Balaban J connectivity index is 1.48. The number of pyridine rings is 1. The third-order valence-electron chi connectivity index (χ3n) is 3.94. The van der Waals surface area contributed by atoms with Gasteiger partial charge in [0.05, 0.1) is 6.20 Å². The van der Waals surface area contributed by atoms with Crippen LogP contribution in [0.15, 0.2) is 79.1 Å². The number of rotatable bonds is 5. The highest BCUT2D eigenvalue weighted by molar-refractivity contribution is 5.94. The summed E-state index contributed by atoms with van der Waals surface area (Å²) in [6.45, 7) is 0.116. The topological polar surface area (TPSA) is 64.2 Å². The van der Waals surface area contributed by atoms with Crippen LogP contribution >= 0.6 is 0 Å². The highest BCUT2D eigenvalue weighted by atomic mass is 16.5. The van der Waals surface area contributed by atoms with Crippen LogP contribution in [0.3, 0.4) is 0 Å². The molecule has 0 aliphatic carbocycles. The first-order chi connectivity index (χ1) is 12.8. The van der Waals surface area contributed by atoms with E-state index in [9.17, 15) is 4.79 Å². The molecule has 0 atom stereocenters. The van der Waals surface area contributed by atoms with Crippen LogP contribution in [0.4, 0.5) is 0 Å². The second kappa shape index (κ2) is 7.11. The molecule has 2 heterocycles. The first kappa shape index (κ1) is 15.9. The van der Waals surface area contributed by atoms with Crippen LogP contribution in [0.2, 0.25) is 0 Å². The van der Waals surface area contributed by atoms with Crippen LogP contribution in [-0.2, 0) is 11.3 Å². The van der Waals surface area contributed by atoms with Crippen LogP contribution in [0, 0.1) is 0 Å². The molecule has 26 heavy (non-hydrogen) atoms. The number of aromatic nitrogens is 2. The first-order valence-electron chi connectivity index (χ1n) is 8.20. The lowest BCUT2D eigenvalue weighted by Crippen LogP contribution is -2.06. The summed E-state index contributed by atoms with van der Waals surface area (Å²) in [5.41, 5.74) is 2.11. The van der Waals surface area contributed by atoms with Gasteiger partial charge in [0.25, 0.3) is 0 Å². The van der Waals surface area contributed by atoms with Gasteiger partial charge >= 0.3 is 5.97 Å². The fourth-order valence-electron chi connectivity index (χ4n) is 2.66. The minimum absolute atomic E-state index is 0.116. The second-order valence-electron chi connectivity index (χ2n) is 5.74. The molecule has 128 valence electrons. The molecule has 0 spiro atoms. The van der Waals surface area contributed by atoms with Crippen molar-refractivity contribution in [3.63, 3.8) is 0 Å². The molecular weight excluding hydrogens is 328 g/mol. The van der Waals surface area contributed by atoms with E-state index >= 15 is 0 Å². The summed E-state index contributed by atoms with van der Waals surface area (Å²) in [5, 5.41) is 0.972. The maximum Gasteiger partial charge on any atom is 0.355 e. The lowest BCUT2D eigenvalue weighted by Gasteiger charge is -2.11. The Morgan fingerprint density at radius 1 is 1.00 bits per heavy atom. The molecule has 0 unspecified atom stereocenters. The summed E-state index contributed by atoms with van der Waals surface area (Å²) >= 11 is 0. The number of ether oxygens (including phenoxy) is 2. The highest BCUT2D eigenvalue weighted by Crippen LogP contribution is 2.25. The predicted molar refractivity (Wildman–Crippen MR) is 98.2 cm³/mol. The summed E-state index contributed by atoms with van der Waals surface area (Å²) in [6.07, 6.45) is 3.31. The van der Waals surface area contributed by atoms with Crippen molar-refractivity contribution in [3.05, 3.63) is 90.4 Å². The van der Waals surface area contributed by atoms with Crippen molar-refractivity contribution < 1.29 is 14.3 Å². The molecule has 0 amide bonds. The highest BCUT2D eigenvalue weighted by Gasteiger charge is 2.13. The van der Waals surface area contributed by atoms with Gasteiger partial charge in [-0.3, -0.25) is 4.98 Å². The lowest BCUT2D eigenvalue weighted by molar-refractivity contribution is 0.0465. The molecule has 2 aromatic carbocycles. The second-order valence-corrected chi connectivity index (χ2v) is 5.74. The Labute approximate surface area is 150 Å². The summed E-state index contributed by atoms with van der Waals surface area (Å²) < 4.78 is 11.3. The van der Waals surface area contributed by atoms with Gasteiger partial charge in [-0.15, -0.1) is 0 Å². The summed E-state index contributed by atoms with van der Waals surface area (Å²) in [4.78, 5) is 19.5. The molecule has 1 N–H and O–H groups in total. The zero-order chi connectivity index (χ0) is 17.8. The van der Waals surface area contributed by atoms with Crippen LogP contribution in [0.1, 0.15) is 16.1 Å². The minimum Gasteiger partial charge on any atom is -0.456 e. The van der Waals surface area contributed by atoms with E-state index in [4.69, 9.17) is 9.47 Å². The monoisotopic (exact) mass is 344 g/mol. The largest absolute Gasteiger partial charge is 0.456 e. The number of para-hydroxylation sites is 2. The van der Waals surface area contributed by atoms with Gasteiger partial charge in [-0.2, -0.15) is 0 Å². The Morgan fingerprint density at radius 2 is 1.85 bits per heavy atom. The van der Waals surface area contributed by atoms with E-state index in [1.807, 2.05) is 54.6 Å². The number of carbonyl (C=O) groups excluding carboxylic acids is 1. The average molecular weight is 344 g/mol. The molecule has 0 aliphatic heterocycles. The number of esters is 1. The van der Waals surface area contributed by atoms with Crippen LogP contribution in [0.25, 0.3) is 10.9 Å². The van der Waals surface area contributed by atoms with Crippen molar-refractivity contribution in [1.29, 1.82) is 0 Å². The molecule has 0 aliphatic rings. The third-order valence-corrected chi connectivity index (χ3v) is 3.94. The van der Waals surface area contributed by atoms with Gasteiger partial charge in [0, 0.05) is 22.7 Å². The smallest absolute Gasteiger partial charge is 0.355 e. The van der Waals surface area contributed by atoms with E-state index in [0.29, 0.717) is 17.2 Å². The van der Waals surface area contributed by atoms with Crippen LogP contribution in [-0.4, -0.2) is 15.9 Å². The first-order valence-corrected chi connectivity index (χ1v) is 8.20. The number of aromatic amines is 1. The quantitative estimate of drug-likeness (QED) is 0.532.